The zero-order valence-corrected chi connectivity index (χ0v) is 17.5. The smallest absolute Gasteiger partial charge is 0.352 e. The molecule has 0 saturated heterocycles. The molecule has 0 saturated carbocycles. The van der Waals surface area contributed by atoms with E-state index in [0.717, 1.165) is 44.2 Å². The first-order valence-corrected chi connectivity index (χ1v) is 10.4. The summed E-state index contributed by atoms with van der Waals surface area (Å²) >= 11 is 0. The Hall–Kier alpha value is -4.19. The SMILES string of the molecule is Cc1ccc(OCCn2c(C(=O)O)cc3c(-c4cccc5cnccc45)nccc32)cc1. The molecule has 0 bridgehead atoms. The molecule has 158 valence electrons. The fraction of sp³-hybridized carbons (Fsp3) is 0.115. The molecular formula is C26H21N3O3. The number of nitrogens with zero attached hydrogens (tertiary/aromatic N) is 3. The number of hydrogen-bond acceptors (Lipinski definition) is 4. The standard InChI is InChI=1S/C26H21N3O3/c1-17-5-7-19(8-6-17)32-14-13-29-23-10-12-28-25(22(23)15-24(29)26(30)31)21-4-2-3-18-16-27-11-9-20(18)21/h2-12,15-16H,13-14H2,1H3,(H,30,31). The Balaban J connectivity index is 1.56. The Kier molecular flexibility index (Phi) is 5.03. The van der Waals surface area contributed by atoms with Crippen LogP contribution in [0.1, 0.15) is 16.1 Å². The monoisotopic (exact) mass is 423 g/mol. The van der Waals surface area contributed by atoms with Gasteiger partial charge in [-0.3, -0.25) is 9.97 Å². The highest BCUT2D eigenvalue weighted by Gasteiger charge is 2.19. The second-order valence-electron chi connectivity index (χ2n) is 7.64. The summed E-state index contributed by atoms with van der Waals surface area (Å²) < 4.78 is 7.64. The van der Waals surface area contributed by atoms with Crippen LogP contribution >= 0.6 is 0 Å². The molecule has 6 nitrogen and oxygen atoms in total. The second kappa shape index (κ2) is 8.15. The molecule has 3 aromatic heterocycles. The molecule has 0 amide bonds. The van der Waals surface area contributed by atoms with Gasteiger partial charge in [-0.25, -0.2) is 4.79 Å². The quantitative estimate of drug-likeness (QED) is 0.399. The zero-order valence-electron chi connectivity index (χ0n) is 17.5. The highest BCUT2D eigenvalue weighted by atomic mass is 16.5. The predicted molar refractivity (Wildman–Crippen MR) is 124 cm³/mol. The number of rotatable bonds is 6. The third-order valence-electron chi connectivity index (χ3n) is 5.59. The zero-order chi connectivity index (χ0) is 22.1. The normalized spacial score (nSPS) is 11.2. The third-order valence-corrected chi connectivity index (χ3v) is 5.59. The number of pyridine rings is 2. The van der Waals surface area contributed by atoms with Crippen molar-refractivity contribution in [3.8, 4) is 17.0 Å². The number of aromatic nitrogens is 3. The van der Waals surface area contributed by atoms with E-state index < -0.39 is 5.97 Å². The second-order valence-corrected chi connectivity index (χ2v) is 7.64. The molecule has 5 rings (SSSR count). The fourth-order valence-corrected chi connectivity index (χ4v) is 4.04. The molecule has 6 heteroatoms. The molecule has 32 heavy (non-hydrogen) atoms. The Morgan fingerprint density at radius 1 is 1.03 bits per heavy atom. The Morgan fingerprint density at radius 2 is 1.88 bits per heavy atom. The van der Waals surface area contributed by atoms with Gasteiger partial charge in [0.1, 0.15) is 18.1 Å². The molecule has 0 unspecified atom stereocenters. The first-order chi connectivity index (χ1) is 15.6. The van der Waals surface area contributed by atoms with Crippen LogP contribution in [0, 0.1) is 6.92 Å². The van der Waals surface area contributed by atoms with E-state index in [1.165, 1.54) is 0 Å². The Bertz CT molecular complexity index is 1430. The number of benzene rings is 2. The van der Waals surface area contributed by atoms with Crippen molar-refractivity contribution in [3.05, 3.63) is 90.5 Å². The van der Waals surface area contributed by atoms with Gasteiger partial charge in [-0.15, -0.1) is 0 Å². The van der Waals surface area contributed by atoms with Crippen molar-refractivity contribution in [2.24, 2.45) is 0 Å². The molecule has 0 radical (unpaired) electrons. The minimum Gasteiger partial charge on any atom is -0.492 e. The van der Waals surface area contributed by atoms with Crippen molar-refractivity contribution in [1.29, 1.82) is 0 Å². The molecule has 1 N–H and O–H groups in total. The molecule has 0 aliphatic carbocycles. The van der Waals surface area contributed by atoms with E-state index in [1.807, 2.05) is 67.7 Å². The van der Waals surface area contributed by atoms with E-state index >= 15 is 0 Å². The molecule has 5 aromatic rings. The minimum atomic E-state index is -0.982. The van der Waals surface area contributed by atoms with E-state index in [9.17, 15) is 9.90 Å². The number of fused-ring (bicyclic) bond motifs is 2. The van der Waals surface area contributed by atoms with Crippen molar-refractivity contribution >= 4 is 27.6 Å². The highest BCUT2D eigenvalue weighted by molar-refractivity contribution is 6.05. The van der Waals surface area contributed by atoms with Gasteiger partial charge in [-0.1, -0.05) is 35.9 Å². The highest BCUT2D eigenvalue weighted by Crippen LogP contribution is 2.33. The summed E-state index contributed by atoms with van der Waals surface area (Å²) in [5.41, 5.74) is 3.88. The number of aryl methyl sites for hydroxylation is 1. The number of carboxylic acid groups (broad SMARTS) is 1. The van der Waals surface area contributed by atoms with Gasteiger partial charge < -0.3 is 14.4 Å². The van der Waals surface area contributed by atoms with Crippen LogP contribution in [0.25, 0.3) is 32.9 Å². The number of carbonyl (C=O) groups is 1. The summed E-state index contributed by atoms with van der Waals surface area (Å²) in [6, 6.07) is 19.3. The summed E-state index contributed by atoms with van der Waals surface area (Å²) in [5, 5.41) is 12.7. The van der Waals surface area contributed by atoms with Crippen molar-refractivity contribution in [1.82, 2.24) is 14.5 Å². The van der Waals surface area contributed by atoms with Gasteiger partial charge in [0.05, 0.1) is 17.8 Å². The van der Waals surface area contributed by atoms with Crippen LogP contribution in [0.5, 0.6) is 5.75 Å². The van der Waals surface area contributed by atoms with E-state index in [1.54, 1.807) is 23.0 Å². The van der Waals surface area contributed by atoms with Crippen LogP contribution in [0.15, 0.2) is 79.3 Å². The Morgan fingerprint density at radius 3 is 2.69 bits per heavy atom. The molecule has 0 aliphatic heterocycles. The van der Waals surface area contributed by atoms with Gasteiger partial charge in [-0.2, -0.15) is 0 Å². The first kappa shape index (κ1) is 19.8. The minimum absolute atomic E-state index is 0.212. The average molecular weight is 423 g/mol. The summed E-state index contributed by atoms with van der Waals surface area (Å²) in [6.07, 6.45) is 5.29. The van der Waals surface area contributed by atoms with E-state index in [2.05, 4.69) is 9.97 Å². The van der Waals surface area contributed by atoms with Crippen LogP contribution in [-0.4, -0.2) is 32.2 Å². The lowest BCUT2D eigenvalue weighted by Crippen LogP contribution is -2.13. The van der Waals surface area contributed by atoms with Gasteiger partial charge in [0.25, 0.3) is 0 Å². The van der Waals surface area contributed by atoms with Crippen molar-refractivity contribution < 1.29 is 14.6 Å². The van der Waals surface area contributed by atoms with Crippen molar-refractivity contribution in [3.63, 3.8) is 0 Å². The van der Waals surface area contributed by atoms with E-state index in [4.69, 9.17) is 4.74 Å². The number of aromatic carboxylic acids is 1. The molecule has 2 aromatic carbocycles. The summed E-state index contributed by atoms with van der Waals surface area (Å²) in [5.74, 6) is -0.222. The molecule has 0 fully saturated rings. The van der Waals surface area contributed by atoms with Gasteiger partial charge >= 0.3 is 5.97 Å². The maximum Gasteiger partial charge on any atom is 0.352 e. The number of hydrogen-bond donors (Lipinski definition) is 1. The summed E-state index contributed by atoms with van der Waals surface area (Å²) in [6.45, 7) is 2.78. The van der Waals surface area contributed by atoms with Crippen LogP contribution in [0.2, 0.25) is 0 Å². The largest absolute Gasteiger partial charge is 0.492 e. The summed E-state index contributed by atoms with van der Waals surface area (Å²) in [7, 11) is 0. The van der Waals surface area contributed by atoms with Crippen molar-refractivity contribution in [2.75, 3.05) is 6.61 Å². The fourth-order valence-electron chi connectivity index (χ4n) is 4.04. The van der Waals surface area contributed by atoms with Gasteiger partial charge in [0.15, 0.2) is 0 Å². The summed E-state index contributed by atoms with van der Waals surface area (Å²) in [4.78, 5) is 20.8. The molecule has 0 aliphatic rings. The molecule has 3 heterocycles. The van der Waals surface area contributed by atoms with Crippen LogP contribution < -0.4 is 4.74 Å². The number of carboxylic acids is 1. The van der Waals surface area contributed by atoms with Crippen LogP contribution in [0.3, 0.4) is 0 Å². The van der Waals surface area contributed by atoms with E-state index in [-0.39, 0.29) is 5.69 Å². The van der Waals surface area contributed by atoms with Gasteiger partial charge in [0.2, 0.25) is 0 Å². The lowest BCUT2D eigenvalue weighted by molar-refractivity contribution is 0.0684. The maximum absolute atomic E-state index is 12.0. The van der Waals surface area contributed by atoms with Crippen LogP contribution in [-0.2, 0) is 6.54 Å². The topological polar surface area (TPSA) is 77.2 Å². The van der Waals surface area contributed by atoms with Gasteiger partial charge in [0, 0.05) is 34.9 Å². The molecule has 0 spiro atoms. The lowest BCUT2D eigenvalue weighted by atomic mass is 10.0. The van der Waals surface area contributed by atoms with Crippen molar-refractivity contribution in [2.45, 2.75) is 13.5 Å². The van der Waals surface area contributed by atoms with Crippen LogP contribution in [0.4, 0.5) is 0 Å². The molecular weight excluding hydrogens is 402 g/mol. The van der Waals surface area contributed by atoms with E-state index in [0.29, 0.717) is 13.2 Å². The number of ether oxygens (including phenoxy) is 1. The predicted octanol–water partition coefficient (Wildman–Crippen LogP) is 5.34. The maximum atomic E-state index is 12.0. The lowest BCUT2D eigenvalue weighted by Gasteiger charge is -2.11. The molecule has 0 atom stereocenters. The first-order valence-electron chi connectivity index (χ1n) is 10.4. The van der Waals surface area contributed by atoms with Gasteiger partial charge in [-0.05, 0) is 42.6 Å². The average Bonchev–Trinajstić information content (AvgIpc) is 3.19. The third kappa shape index (κ3) is 3.56. The Labute approximate surface area is 184 Å².